The highest BCUT2D eigenvalue weighted by Gasteiger charge is 2.15. The first kappa shape index (κ1) is 14.1. The van der Waals surface area contributed by atoms with Crippen molar-refractivity contribution in [1.82, 2.24) is 4.98 Å². The van der Waals surface area contributed by atoms with Crippen molar-refractivity contribution >= 4 is 33.3 Å². The molecule has 0 spiro atoms. The van der Waals surface area contributed by atoms with Gasteiger partial charge in [-0.2, -0.15) is 0 Å². The lowest BCUT2D eigenvalue weighted by atomic mass is 10.1. The van der Waals surface area contributed by atoms with E-state index in [2.05, 4.69) is 20.9 Å². The second-order valence-corrected chi connectivity index (χ2v) is 5.23. The molecule has 19 heavy (non-hydrogen) atoms. The Kier molecular flexibility index (Phi) is 4.27. The molecule has 0 bridgehead atoms. The van der Waals surface area contributed by atoms with Crippen molar-refractivity contribution in [3.8, 4) is 5.75 Å². The van der Waals surface area contributed by atoms with E-state index in [1.54, 1.807) is 31.3 Å². The minimum absolute atomic E-state index is 0.0523. The zero-order valence-corrected chi connectivity index (χ0v) is 12.4. The van der Waals surface area contributed by atoms with Gasteiger partial charge in [-0.25, -0.2) is 9.37 Å². The van der Waals surface area contributed by atoms with Gasteiger partial charge >= 0.3 is 0 Å². The Balaban J connectivity index is 2.28. The molecular weight excluding hydrogens is 335 g/mol. The Morgan fingerprint density at radius 1 is 1.47 bits per heavy atom. The molecule has 0 fully saturated rings. The second kappa shape index (κ2) is 5.75. The van der Waals surface area contributed by atoms with Crippen molar-refractivity contribution in [2.45, 2.75) is 13.0 Å². The van der Waals surface area contributed by atoms with Crippen molar-refractivity contribution < 1.29 is 9.13 Å². The monoisotopic (exact) mass is 344 g/mol. The fourth-order valence-corrected chi connectivity index (χ4v) is 2.20. The molecule has 1 unspecified atom stereocenters. The number of aromatic nitrogens is 1. The Hall–Kier alpha value is -1.33. The number of nitrogens with two attached hydrogens (primary N) is 1. The smallest absolute Gasteiger partial charge is 0.166 e. The van der Waals surface area contributed by atoms with E-state index < -0.39 is 11.9 Å². The maximum atomic E-state index is 13.4. The molecule has 1 atom stereocenters. The second-order valence-electron chi connectivity index (χ2n) is 3.94. The molecule has 1 aromatic carbocycles. The number of anilines is 1. The van der Waals surface area contributed by atoms with Gasteiger partial charge < -0.3 is 10.5 Å². The van der Waals surface area contributed by atoms with E-state index in [-0.39, 0.29) is 10.8 Å². The molecule has 6 heteroatoms. The summed E-state index contributed by atoms with van der Waals surface area (Å²) in [6.45, 7) is 1.76. The van der Waals surface area contributed by atoms with Crippen LogP contribution in [0.3, 0.4) is 0 Å². The van der Waals surface area contributed by atoms with Gasteiger partial charge in [-0.3, -0.25) is 0 Å². The summed E-state index contributed by atoms with van der Waals surface area (Å²) in [4.78, 5) is 3.96. The molecule has 0 aliphatic carbocycles. The number of ether oxygens (including phenoxy) is 1. The minimum atomic E-state index is -0.477. The van der Waals surface area contributed by atoms with E-state index in [0.717, 1.165) is 4.47 Å². The van der Waals surface area contributed by atoms with Crippen LogP contribution in [0.15, 0.2) is 34.9 Å². The predicted octanol–water partition coefficient (Wildman–Crippen LogP) is 4.36. The molecule has 1 aromatic heterocycles. The van der Waals surface area contributed by atoms with Crippen LogP contribution in [0.4, 0.5) is 10.2 Å². The van der Waals surface area contributed by atoms with Crippen molar-refractivity contribution in [1.29, 1.82) is 0 Å². The molecule has 0 amide bonds. The topological polar surface area (TPSA) is 48.1 Å². The molecule has 0 radical (unpaired) electrons. The number of rotatable bonds is 3. The van der Waals surface area contributed by atoms with Gasteiger partial charge in [0, 0.05) is 16.2 Å². The van der Waals surface area contributed by atoms with Gasteiger partial charge in [0.2, 0.25) is 0 Å². The van der Waals surface area contributed by atoms with Gasteiger partial charge in [0.05, 0.1) is 5.02 Å². The highest BCUT2D eigenvalue weighted by atomic mass is 79.9. The van der Waals surface area contributed by atoms with Crippen molar-refractivity contribution in [3.63, 3.8) is 0 Å². The Labute approximate surface area is 123 Å². The van der Waals surface area contributed by atoms with E-state index in [9.17, 15) is 4.39 Å². The summed E-state index contributed by atoms with van der Waals surface area (Å²) in [5.41, 5.74) is 6.28. The Morgan fingerprint density at radius 3 is 2.95 bits per heavy atom. The van der Waals surface area contributed by atoms with E-state index in [4.69, 9.17) is 22.1 Å². The fraction of sp³-hybridized carbons (Fsp3) is 0.154. The standard InChI is InChI=1S/C13H11BrClFN2O/c1-7(9-3-2-4-10(16)12(9)15)19-11-5-8(14)6-18-13(11)17/h2-7H,1H3,(H2,17,18). The van der Waals surface area contributed by atoms with Crippen molar-refractivity contribution in [2.24, 2.45) is 0 Å². The first-order valence-corrected chi connectivity index (χ1v) is 6.67. The quantitative estimate of drug-likeness (QED) is 0.899. The number of pyridine rings is 1. The van der Waals surface area contributed by atoms with Gasteiger partial charge in [0.1, 0.15) is 11.9 Å². The molecule has 3 nitrogen and oxygen atoms in total. The summed E-state index contributed by atoms with van der Waals surface area (Å²) < 4.78 is 19.8. The maximum Gasteiger partial charge on any atom is 0.166 e. The maximum absolute atomic E-state index is 13.4. The van der Waals surface area contributed by atoms with Crippen LogP contribution in [-0.2, 0) is 0 Å². The van der Waals surface area contributed by atoms with Crippen LogP contribution in [0.25, 0.3) is 0 Å². The van der Waals surface area contributed by atoms with E-state index in [1.807, 2.05) is 0 Å². The van der Waals surface area contributed by atoms with Crippen molar-refractivity contribution in [3.05, 3.63) is 51.3 Å². The average molecular weight is 346 g/mol. The van der Waals surface area contributed by atoms with Gasteiger partial charge in [0.25, 0.3) is 0 Å². The Morgan fingerprint density at radius 2 is 2.21 bits per heavy atom. The van der Waals surface area contributed by atoms with Crippen LogP contribution < -0.4 is 10.5 Å². The third-order valence-electron chi connectivity index (χ3n) is 2.57. The summed E-state index contributed by atoms with van der Waals surface area (Å²) in [7, 11) is 0. The van der Waals surface area contributed by atoms with E-state index in [0.29, 0.717) is 11.3 Å². The summed E-state index contributed by atoms with van der Waals surface area (Å²) in [6, 6.07) is 6.29. The van der Waals surface area contributed by atoms with E-state index in [1.165, 1.54) is 6.07 Å². The third-order valence-corrected chi connectivity index (χ3v) is 3.40. The zero-order valence-electron chi connectivity index (χ0n) is 10.0. The van der Waals surface area contributed by atoms with Crippen LogP contribution in [0.2, 0.25) is 5.02 Å². The number of nitrogen functional groups attached to an aromatic ring is 1. The van der Waals surface area contributed by atoms with Crippen LogP contribution in [0.1, 0.15) is 18.6 Å². The summed E-state index contributed by atoms with van der Waals surface area (Å²) in [5, 5.41) is 0.0523. The van der Waals surface area contributed by atoms with Gasteiger partial charge in [-0.1, -0.05) is 23.7 Å². The van der Waals surface area contributed by atoms with Gasteiger partial charge in [-0.15, -0.1) is 0 Å². The SMILES string of the molecule is CC(Oc1cc(Br)cnc1N)c1cccc(F)c1Cl. The molecule has 2 N–H and O–H groups in total. The zero-order chi connectivity index (χ0) is 14.0. The van der Waals surface area contributed by atoms with E-state index >= 15 is 0 Å². The molecule has 100 valence electrons. The van der Waals surface area contributed by atoms with Crippen LogP contribution in [-0.4, -0.2) is 4.98 Å². The Bertz CT molecular complexity index is 609. The average Bonchev–Trinajstić information content (AvgIpc) is 2.37. The molecule has 0 saturated heterocycles. The lowest BCUT2D eigenvalue weighted by Crippen LogP contribution is -2.07. The number of benzene rings is 1. The minimum Gasteiger partial charge on any atom is -0.482 e. The summed E-state index contributed by atoms with van der Waals surface area (Å²) in [6.07, 6.45) is 1.13. The lowest BCUT2D eigenvalue weighted by Gasteiger charge is -2.17. The first-order valence-electron chi connectivity index (χ1n) is 5.50. The van der Waals surface area contributed by atoms with Crippen LogP contribution >= 0.6 is 27.5 Å². The molecule has 0 saturated carbocycles. The number of hydrogen-bond donors (Lipinski definition) is 1. The molecule has 2 rings (SSSR count). The van der Waals surface area contributed by atoms with Gasteiger partial charge in [0.15, 0.2) is 11.6 Å². The largest absolute Gasteiger partial charge is 0.482 e. The first-order chi connectivity index (χ1) is 8.99. The van der Waals surface area contributed by atoms with Crippen molar-refractivity contribution in [2.75, 3.05) is 5.73 Å². The summed E-state index contributed by atoms with van der Waals surface area (Å²) >= 11 is 9.20. The third kappa shape index (κ3) is 3.16. The molecule has 2 aromatic rings. The highest BCUT2D eigenvalue weighted by molar-refractivity contribution is 9.10. The van der Waals surface area contributed by atoms with Crippen LogP contribution in [0.5, 0.6) is 5.75 Å². The molecule has 1 heterocycles. The molecule has 0 aliphatic rings. The number of nitrogens with zero attached hydrogens (tertiary/aromatic N) is 1. The predicted molar refractivity (Wildman–Crippen MR) is 76.8 cm³/mol. The number of hydrogen-bond acceptors (Lipinski definition) is 3. The highest BCUT2D eigenvalue weighted by Crippen LogP contribution is 2.32. The fourth-order valence-electron chi connectivity index (χ4n) is 1.61. The normalized spacial score (nSPS) is 12.2. The summed E-state index contributed by atoms with van der Waals surface area (Å²) in [5.74, 6) is 0.208. The molecular formula is C13H11BrClFN2O. The lowest BCUT2D eigenvalue weighted by molar-refractivity contribution is 0.227. The van der Waals surface area contributed by atoms with Crippen LogP contribution in [0, 0.1) is 5.82 Å². The molecule has 0 aliphatic heterocycles. The number of halogens is 3. The van der Waals surface area contributed by atoms with Gasteiger partial charge in [-0.05, 0) is 35.0 Å².